The summed E-state index contributed by atoms with van der Waals surface area (Å²) in [6, 6.07) is 16.3. The highest BCUT2D eigenvalue weighted by atomic mass is 35.5. The Morgan fingerprint density at radius 3 is 2.70 bits per heavy atom. The first kappa shape index (κ1) is 16.3. The molecule has 6 heteroatoms. The number of nitrogens with zero attached hydrogens (tertiary/aromatic N) is 2. The fourth-order valence-electron chi connectivity index (χ4n) is 2.07. The molecule has 0 aliphatic heterocycles. The van der Waals surface area contributed by atoms with Crippen LogP contribution >= 0.6 is 34.7 Å². The van der Waals surface area contributed by atoms with Gasteiger partial charge in [-0.2, -0.15) is 0 Å². The molecule has 0 saturated carbocycles. The van der Waals surface area contributed by atoms with Gasteiger partial charge in [0.25, 0.3) is 0 Å². The number of nitrogens with one attached hydrogen (secondary N) is 1. The summed E-state index contributed by atoms with van der Waals surface area (Å²) in [5.41, 5.74) is 3.74. The maximum Gasteiger partial charge on any atom is 0.206 e. The highest BCUT2D eigenvalue weighted by Crippen LogP contribution is 2.28. The van der Waals surface area contributed by atoms with E-state index < -0.39 is 0 Å². The highest BCUT2D eigenvalue weighted by molar-refractivity contribution is 8.00. The predicted molar refractivity (Wildman–Crippen MR) is 99.4 cm³/mol. The van der Waals surface area contributed by atoms with Gasteiger partial charge in [0.05, 0.1) is 0 Å². The van der Waals surface area contributed by atoms with Gasteiger partial charge in [-0.1, -0.05) is 76.7 Å². The molecule has 3 rings (SSSR count). The smallest absolute Gasteiger partial charge is 0.206 e. The summed E-state index contributed by atoms with van der Waals surface area (Å²) in [6.45, 7) is 2.86. The molecule has 1 heterocycles. The highest BCUT2D eigenvalue weighted by Gasteiger charge is 2.05. The van der Waals surface area contributed by atoms with Gasteiger partial charge in [-0.3, -0.25) is 0 Å². The number of thioether (sulfide) groups is 1. The van der Waals surface area contributed by atoms with Gasteiger partial charge in [-0.15, -0.1) is 10.2 Å². The van der Waals surface area contributed by atoms with Crippen molar-refractivity contribution in [3.05, 3.63) is 70.2 Å². The molecular weight excluding hydrogens is 346 g/mol. The zero-order valence-corrected chi connectivity index (χ0v) is 15.0. The first-order valence-electron chi connectivity index (χ1n) is 7.19. The van der Waals surface area contributed by atoms with Crippen LogP contribution in [-0.4, -0.2) is 10.2 Å². The largest absolute Gasteiger partial charge is 0.356 e. The molecule has 0 bridgehead atoms. The van der Waals surface area contributed by atoms with Crippen LogP contribution in [0.3, 0.4) is 0 Å². The van der Waals surface area contributed by atoms with Crippen LogP contribution in [0.2, 0.25) is 5.02 Å². The van der Waals surface area contributed by atoms with Crippen LogP contribution in [0.25, 0.3) is 0 Å². The van der Waals surface area contributed by atoms with E-state index in [1.807, 2.05) is 24.3 Å². The summed E-state index contributed by atoms with van der Waals surface area (Å²) in [5, 5.41) is 13.4. The normalized spacial score (nSPS) is 10.7. The van der Waals surface area contributed by atoms with Crippen molar-refractivity contribution in [3.63, 3.8) is 0 Å². The van der Waals surface area contributed by atoms with Crippen LogP contribution in [0.4, 0.5) is 5.13 Å². The monoisotopic (exact) mass is 361 g/mol. The number of hydrogen-bond acceptors (Lipinski definition) is 5. The molecule has 0 amide bonds. The molecule has 0 fully saturated rings. The third-order valence-electron chi connectivity index (χ3n) is 3.21. The van der Waals surface area contributed by atoms with Crippen molar-refractivity contribution in [1.82, 2.24) is 10.2 Å². The van der Waals surface area contributed by atoms with Crippen molar-refractivity contribution in [3.8, 4) is 0 Å². The molecule has 0 aliphatic carbocycles. The van der Waals surface area contributed by atoms with Gasteiger partial charge in [0.1, 0.15) is 0 Å². The van der Waals surface area contributed by atoms with Gasteiger partial charge in [0, 0.05) is 17.3 Å². The molecule has 1 N–H and O–H groups in total. The van der Waals surface area contributed by atoms with Crippen molar-refractivity contribution in [1.29, 1.82) is 0 Å². The molecule has 3 nitrogen and oxygen atoms in total. The molecule has 0 aliphatic rings. The minimum Gasteiger partial charge on any atom is -0.356 e. The molecule has 0 saturated heterocycles. The van der Waals surface area contributed by atoms with Crippen LogP contribution < -0.4 is 5.32 Å². The fourth-order valence-corrected chi connectivity index (χ4v) is 3.89. The average molecular weight is 362 g/mol. The predicted octanol–water partition coefficient (Wildman–Crippen LogP) is 5.40. The number of aromatic nitrogens is 2. The van der Waals surface area contributed by atoms with E-state index in [4.69, 9.17) is 11.6 Å². The zero-order chi connectivity index (χ0) is 16.1. The topological polar surface area (TPSA) is 37.8 Å². The Hall–Kier alpha value is -1.56. The van der Waals surface area contributed by atoms with Gasteiger partial charge >= 0.3 is 0 Å². The summed E-state index contributed by atoms with van der Waals surface area (Å²) in [7, 11) is 0. The molecule has 0 atom stereocenters. The molecule has 0 radical (unpaired) electrons. The Morgan fingerprint density at radius 2 is 1.91 bits per heavy atom. The molecule has 23 heavy (non-hydrogen) atoms. The Labute approximate surface area is 149 Å². The van der Waals surface area contributed by atoms with Gasteiger partial charge in [-0.05, 0) is 30.2 Å². The van der Waals surface area contributed by atoms with E-state index >= 15 is 0 Å². The number of rotatable bonds is 6. The summed E-state index contributed by atoms with van der Waals surface area (Å²) in [5.74, 6) is 0.865. The van der Waals surface area contributed by atoms with E-state index in [0.717, 1.165) is 26.8 Å². The molecule has 0 unspecified atom stereocenters. The van der Waals surface area contributed by atoms with Crippen LogP contribution in [0, 0.1) is 6.92 Å². The number of aryl methyl sites for hydroxylation is 1. The Bertz CT molecular complexity index is 772. The van der Waals surface area contributed by atoms with E-state index in [-0.39, 0.29) is 0 Å². The SMILES string of the molecule is Cc1cccc(CNc2nnc(SCc3ccc(Cl)cc3)s2)c1. The summed E-state index contributed by atoms with van der Waals surface area (Å²) < 4.78 is 0.965. The van der Waals surface area contributed by atoms with Crippen molar-refractivity contribution in [2.75, 3.05) is 5.32 Å². The Morgan fingerprint density at radius 1 is 1.09 bits per heavy atom. The van der Waals surface area contributed by atoms with E-state index in [1.165, 1.54) is 16.7 Å². The molecule has 118 valence electrons. The Balaban J connectivity index is 1.52. The standard InChI is InChI=1S/C17H16ClN3S2/c1-12-3-2-4-14(9-12)10-19-16-20-21-17(23-16)22-11-13-5-7-15(18)8-6-13/h2-9H,10-11H2,1H3,(H,19,20). The van der Waals surface area contributed by atoms with Crippen LogP contribution in [-0.2, 0) is 12.3 Å². The molecular formula is C17H16ClN3S2. The summed E-state index contributed by atoms with van der Waals surface area (Å²) in [4.78, 5) is 0. The second kappa shape index (κ2) is 7.81. The quantitative estimate of drug-likeness (QED) is 0.596. The molecule has 0 spiro atoms. The lowest BCUT2D eigenvalue weighted by Crippen LogP contribution is -1.98. The van der Waals surface area contributed by atoms with E-state index in [0.29, 0.717) is 0 Å². The second-order valence-electron chi connectivity index (χ2n) is 5.13. The third kappa shape index (κ3) is 4.96. The van der Waals surface area contributed by atoms with Gasteiger partial charge < -0.3 is 5.32 Å². The lowest BCUT2D eigenvalue weighted by Gasteiger charge is -2.03. The molecule has 1 aromatic heterocycles. The first-order chi connectivity index (χ1) is 11.2. The maximum atomic E-state index is 5.89. The first-order valence-corrected chi connectivity index (χ1v) is 9.37. The van der Waals surface area contributed by atoms with Gasteiger partial charge in [0.15, 0.2) is 4.34 Å². The number of benzene rings is 2. The Kier molecular flexibility index (Phi) is 5.54. The van der Waals surface area contributed by atoms with Crippen molar-refractivity contribution >= 4 is 39.8 Å². The lowest BCUT2D eigenvalue weighted by molar-refractivity contribution is 0.994. The molecule has 2 aromatic carbocycles. The number of hydrogen-bond donors (Lipinski definition) is 1. The molecule has 3 aromatic rings. The van der Waals surface area contributed by atoms with Gasteiger partial charge in [-0.25, -0.2) is 0 Å². The van der Waals surface area contributed by atoms with Crippen molar-refractivity contribution < 1.29 is 0 Å². The minimum atomic E-state index is 0.761. The van der Waals surface area contributed by atoms with Crippen LogP contribution in [0.15, 0.2) is 52.9 Å². The number of anilines is 1. The fraction of sp³-hybridized carbons (Fsp3) is 0.176. The summed E-state index contributed by atoms with van der Waals surface area (Å²) in [6.07, 6.45) is 0. The van der Waals surface area contributed by atoms with Gasteiger partial charge in [0.2, 0.25) is 5.13 Å². The number of halogens is 1. The van der Waals surface area contributed by atoms with Crippen LogP contribution in [0.5, 0.6) is 0 Å². The second-order valence-corrected chi connectivity index (χ2v) is 7.77. The third-order valence-corrected chi connectivity index (χ3v) is 5.55. The van der Waals surface area contributed by atoms with E-state index in [9.17, 15) is 0 Å². The van der Waals surface area contributed by atoms with Crippen molar-refractivity contribution in [2.45, 2.75) is 23.6 Å². The minimum absolute atomic E-state index is 0.761. The summed E-state index contributed by atoms with van der Waals surface area (Å²) >= 11 is 9.16. The van der Waals surface area contributed by atoms with E-state index in [1.54, 1.807) is 23.1 Å². The zero-order valence-electron chi connectivity index (χ0n) is 12.6. The van der Waals surface area contributed by atoms with Crippen molar-refractivity contribution in [2.24, 2.45) is 0 Å². The average Bonchev–Trinajstić information content (AvgIpc) is 3.00. The lowest BCUT2D eigenvalue weighted by atomic mass is 10.1. The van der Waals surface area contributed by atoms with Crippen LogP contribution in [0.1, 0.15) is 16.7 Å². The maximum absolute atomic E-state index is 5.89. The van der Waals surface area contributed by atoms with E-state index in [2.05, 4.69) is 46.7 Å².